The number of hydrogen-bond acceptors (Lipinski definition) is 3. The molecule has 3 rings (SSSR count). The van der Waals surface area contributed by atoms with Crippen molar-refractivity contribution in [1.29, 1.82) is 0 Å². The Morgan fingerprint density at radius 3 is 2.85 bits per heavy atom. The Hall–Kier alpha value is -1.71. The molecule has 1 aliphatic heterocycles. The van der Waals surface area contributed by atoms with Crippen molar-refractivity contribution in [3.05, 3.63) is 47.5 Å². The molecule has 1 atom stereocenters. The molecule has 104 valence electrons. The van der Waals surface area contributed by atoms with E-state index in [1.165, 1.54) is 0 Å². The Balaban J connectivity index is 2.12. The summed E-state index contributed by atoms with van der Waals surface area (Å²) in [6, 6.07) is 14.0. The molecule has 0 saturated carbocycles. The number of halogens is 1. The van der Waals surface area contributed by atoms with E-state index in [1.54, 1.807) is 0 Å². The lowest BCUT2D eigenvalue weighted by Crippen LogP contribution is -2.42. The Morgan fingerprint density at radius 2 is 2.10 bits per heavy atom. The number of hydrogen-bond donors (Lipinski definition) is 1. The van der Waals surface area contributed by atoms with Crippen LogP contribution in [0.5, 0.6) is 5.75 Å². The van der Waals surface area contributed by atoms with E-state index in [0.29, 0.717) is 6.54 Å². The van der Waals surface area contributed by atoms with Gasteiger partial charge in [-0.3, -0.25) is 0 Å². The molecule has 20 heavy (non-hydrogen) atoms. The van der Waals surface area contributed by atoms with Crippen LogP contribution in [0.2, 0.25) is 5.02 Å². The molecule has 3 nitrogen and oxygen atoms in total. The number of fused-ring (bicyclic) bond motifs is 1. The largest absolute Gasteiger partial charge is 0.484 e. The number of rotatable bonds is 2. The summed E-state index contributed by atoms with van der Waals surface area (Å²) >= 11 is 6.09. The van der Waals surface area contributed by atoms with Gasteiger partial charge in [0, 0.05) is 24.2 Å². The van der Waals surface area contributed by atoms with Gasteiger partial charge in [0.05, 0.1) is 12.2 Å². The Labute approximate surface area is 123 Å². The van der Waals surface area contributed by atoms with Crippen LogP contribution < -0.4 is 15.4 Å². The van der Waals surface area contributed by atoms with Crippen LogP contribution in [0.4, 0.5) is 5.69 Å². The van der Waals surface area contributed by atoms with Crippen molar-refractivity contribution < 1.29 is 4.74 Å². The highest BCUT2D eigenvalue weighted by atomic mass is 35.5. The molecular formula is C16H17ClN2O. The molecule has 0 amide bonds. The summed E-state index contributed by atoms with van der Waals surface area (Å²) in [7, 11) is 2.06. The number of likely N-dealkylation sites (N-methyl/N-ethyl adjacent to an activating group) is 1. The lowest BCUT2D eigenvalue weighted by molar-refractivity contribution is 0.205. The molecule has 2 N–H and O–H groups in total. The second-order valence-electron chi connectivity index (χ2n) is 5.02. The minimum absolute atomic E-state index is 0.0211. The van der Waals surface area contributed by atoms with Gasteiger partial charge in [-0.15, -0.1) is 0 Å². The Bertz CT molecular complexity index is 630. The third-order valence-electron chi connectivity index (χ3n) is 3.57. The topological polar surface area (TPSA) is 38.5 Å². The molecule has 1 aliphatic rings. The van der Waals surface area contributed by atoms with Crippen molar-refractivity contribution in [3.8, 4) is 16.9 Å². The lowest BCUT2D eigenvalue weighted by atomic mass is 10.0. The molecule has 0 aliphatic carbocycles. The number of nitrogens with zero attached hydrogens (tertiary/aromatic N) is 1. The van der Waals surface area contributed by atoms with E-state index in [4.69, 9.17) is 22.1 Å². The summed E-state index contributed by atoms with van der Waals surface area (Å²) < 4.78 is 6.07. The van der Waals surface area contributed by atoms with Crippen LogP contribution in [0.25, 0.3) is 11.1 Å². The van der Waals surface area contributed by atoms with Crippen LogP contribution in [0.3, 0.4) is 0 Å². The average molecular weight is 289 g/mol. The predicted molar refractivity (Wildman–Crippen MR) is 83.6 cm³/mol. The summed E-state index contributed by atoms with van der Waals surface area (Å²) in [5, 5.41) is 0.722. The first kappa shape index (κ1) is 13.3. The minimum Gasteiger partial charge on any atom is -0.484 e. The van der Waals surface area contributed by atoms with Crippen LogP contribution in [0, 0.1) is 0 Å². The molecule has 2 aromatic rings. The zero-order valence-electron chi connectivity index (χ0n) is 11.3. The fourth-order valence-electron chi connectivity index (χ4n) is 2.56. The van der Waals surface area contributed by atoms with E-state index < -0.39 is 0 Å². The van der Waals surface area contributed by atoms with Gasteiger partial charge in [-0.1, -0.05) is 35.9 Å². The van der Waals surface area contributed by atoms with Gasteiger partial charge in [0.2, 0.25) is 0 Å². The summed E-state index contributed by atoms with van der Waals surface area (Å²) in [4.78, 5) is 2.18. The maximum Gasteiger partial charge on any atom is 0.150 e. The van der Waals surface area contributed by atoms with Crippen molar-refractivity contribution in [3.63, 3.8) is 0 Å². The Kier molecular flexibility index (Phi) is 3.55. The zero-order chi connectivity index (χ0) is 14.1. The number of para-hydroxylation sites is 1. The van der Waals surface area contributed by atoms with E-state index >= 15 is 0 Å². The van der Waals surface area contributed by atoms with E-state index in [9.17, 15) is 0 Å². The molecule has 4 heteroatoms. The zero-order valence-corrected chi connectivity index (χ0v) is 12.1. The van der Waals surface area contributed by atoms with Crippen molar-refractivity contribution in [2.75, 3.05) is 25.0 Å². The van der Waals surface area contributed by atoms with Gasteiger partial charge in [-0.25, -0.2) is 0 Å². The predicted octanol–water partition coefficient (Wildman–Crippen LogP) is 3.16. The number of nitrogens with two attached hydrogens (primary N) is 1. The van der Waals surface area contributed by atoms with Gasteiger partial charge in [0.25, 0.3) is 0 Å². The SMILES string of the molecule is CN1C[C@@H](CN)Oc2c(-c3cccc(Cl)c3)cccc21. The first-order valence-electron chi connectivity index (χ1n) is 6.66. The lowest BCUT2D eigenvalue weighted by Gasteiger charge is -2.34. The summed E-state index contributed by atoms with van der Waals surface area (Å²) in [5.74, 6) is 0.888. The number of benzene rings is 2. The van der Waals surface area contributed by atoms with Gasteiger partial charge < -0.3 is 15.4 Å². The minimum atomic E-state index is 0.0211. The molecule has 1 heterocycles. The molecule has 0 unspecified atom stereocenters. The van der Waals surface area contributed by atoms with Crippen LogP contribution in [0.15, 0.2) is 42.5 Å². The maximum atomic E-state index is 6.09. The highest BCUT2D eigenvalue weighted by Crippen LogP contribution is 2.41. The average Bonchev–Trinajstić information content (AvgIpc) is 2.46. The number of ether oxygens (including phenoxy) is 1. The molecule has 0 aromatic heterocycles. The third kappa shape index (κ3) is 2.35. The van der Waals surface area contributed by atoms with Crippen LogP contribution in [-0.2, 0) is 0 Å². The van der Waals surface area contributed by atoms with Crippen molar-refractivity contribution >= 4 is 17.3 Å². The molecule has 0 spiro atoms. The van der Waals surface area contributed by atoms with Gasteiger partial charge in [-0.2, -0.15) is 0 Å². The molecule has 0 fully saturated rings. The fraction of sp³-hybridized carbons (Fsp3) is 0.250. The van der Waals surface area contributed by atoms with Gasteiger partial charge in [0.15, 0.2) is 5.75 Å². The van der Waals surface area contributed by atoms with E-state index in [2.05, 4.69) is 24.1 Å². The van der Waals surface area contributed by atoms with Crippen molar-refractivity contribution in [2.45, 2.75) is 6.10 Å². The number of anilines is 1. The van der Waals surface area contributed by atoms with Crippen LogP contribution in [-0.4, -0.2) is 26.2 Å². The third-order valence-corrected chi connectivity index (χ3v) is 3.80. The highest BCUT2D eigenvalue weighted by Gasteiger charge is 2.25. The summed E-state index contributed by atoms with van der Waals surface area (Å²) in [6.45, 7) is 1.32. The fourth-order valence-corrected chi connectivity index (χ4v) is 2.75. The second kappa shape index (κ2) is 5.35. The maximum absolute atomic E-state index is 6.09. The molecule has 0 saturated heterocycles. The standard InChI is InChI=1S/C16H17ClN2O/c1-19-10-13(9-18)20-16-14(6-3-7-15(16)19)11-4-2-5-12(17)8-11/h2-8,13H,9-10,18H2,1H3/t13-/m1/s1. The van der Waals surface area contributed by atoms with E-state index in [1.807, 2.05) is 30.3 Å². The van der Waals surface area contributed by atoms with Gasteiger partial charge in [0.1, 0.15) is 6.10 Å². The smallest absolute Gasteiger partial charge is 0.150 e. The van der Waals surface area contributed by atoms with Crippen molar-refractivity contribution in [1.82, 2.24) is 0 Å². The summed E-state index contributed by atoms with van der Waals surface area (Å²) in [5.41, 5.74) is 8.96. The molecule has 2 aromatic carbocycles. The highest BCUT2D eigenvalue weighted by molar-refractivity contribution is 6.30. The quantitative estimate of drug-likeness (QED) is 0.922. The molecular weight excluding hydrogens is 272 g/mol. The van der Waals surface area contributed by atoms with Crippen LogP contribution >= 0.6 is 11.6 Å². The normalized spacial score (nSPS) is 17.6. The van der Waals surface area contributed by atoms with Gasteiger partial charge >= 0.3 is 0 Å². The molecule has 0 radical (unpaired) electrons. The van der Waals surface area contributed by atoms with E-state index in [0.717, 1.165) is 34.1 Å². The first-order chi connectivity index (χ1) is 9.69. The summed E-state index contributed by atoms with van der Waals surface area (Å²) in [6.07, 6.45) is 0.0211. The molecule has 0 bridgehead atoms. The van der Waals surface area contributed by atoms with Crippen molar-refractivity contribution in [2.24, 2.45) is 5.73 Å². The first-order valence-corrected chi connectivity index (χ1v) is 7.03. The van der Waals surface area contributed by atoms with E-state index in [-0.39, 0.29) is 6.10 Å². The Morgan fingerprint density at radius 1 is 1.30 bits per heavy atom. The monoisotopic (exact) mass is 288 g/mol. The van der Waals surface area contributed by atoms with Crippen LogP contribution in [0.1, 0.15) is 0 Å². The second-order valence-corrected chi connectivity index (χ2v) is 5.46. The van der Waals surface area contributed by atoms with Gasteiger partial charge in [-0.05, 0) is 23.8 Å².